The van der Waals surface area contributed by atoms with Gasteiger partial charge in [0.1, 0.15) is 0 Å². The summed E-state index contributed by atoms with van der Waals surface area (Å²) in [5, 5.41) is 15.2. The molecule has 1 unspecified atom stereocenters. The Kier molecular flexibility index (Phi) is 4.08. The summed E-state index contributed by atoms with van der Waals surface area (Å²) < 4.78 is 1.64. The molecule has 1 heterocycles. The number of amides is 1. The molecular weight excluding hydrogens is 304 g/mol. The lowest BCUT2D eigenvalue weighted by Gasteiger charge is -2.12. The average molecular weight is 321 g/mol. The van der Waals surface area contributed by atoms with Crippen molar-refractivity contribution in [1.82, 2.24) is 20.2 Å². The van der Waals surface area contributed by atoms with Crippen molar-refractivity contribution in [3.05, 3.63) is 29.0 Å². The van der Waals surface area contributed by atoms with Gasteiger partial charge in [-0.1, -0.05) is 18.5 Å². The molecule has 1 aliphatic carbocycles. The van der Waals surface area contributed by atoms with E-state index in [0.29, 0.717) is 28.9 Å². The van der Waals surface area contributed by atoms with Gasteiger partial charge in [0.2, 0.25) is 5.91 Å². The van der Waals surface area contributed by atoms with E-state index in [1.807, 2.05) is 0 Å². The Bertz CT molecular complexity index is 696. The Morgan fingerprint density at radius 2 is 2.32 bits per heavy atom. The molecule has 1 aromatic heterocycles. The van der Waals surface area contributed by atoms with E-state index < -0.39 is 0 Å². The maximum absolute atomic E-state index is 11.9. The van der Waals surface area contributed by atoms with Gasteiger partial charge in [0.15, 0.2) is 5.82 Å². The average Bonchev–Trinajstić information content (AvgIpc) is 3.25. The van der Waals surface area contributed by atoms with Gasteiger partial charge in [0.05, 0.1) is 10.7 Å². The molecule has 0 radical (unpaired) electrons. The summed E-state index contributed by atoms with van der Waals surface area (Å²) in [5.41, 5.74) is 6.81. The van der Waals surface area contributed by atoms with E-state index in [4.69, 9.17) is 17.3 Å². The van der Waals surface area contributed by atoms with Crippen molar-refractivity contribution in [3.63, 3.8) is 0 Å². The van der Waals surface area contributed by atoms with Crippen LogP contribution in [0.15, 0.2) is 18.2 Å². The first-order chi connectivity index (χ1) is 10.6. The predicted octanol–water partition coefficient (Wildman–Crippen LogP) is 1.73. The van der Waals surface area contributed by atoms with Gasteiger partial charge >= 0.3 is 0 Å². The number of halogens is 1. The first-order valence-corrected chi connectivity index (χ1v) is 7.57. The highest BCUT2D eigenvalue weighted by Crippen LogP contribution is 2.39. The highest BCUT2D eigenvalue weighted by Gasteiger charge is 2.30. The fourth-order valence-corrected chi connectivity index (χ4v) is 2.28. The van der Waals surface area contributed by atoms with Crippen molar-refractivity contribution < 1.29 is 4.79 Å². The van der Waals surface area contributed by atoms with Crippen LogP contribution in [-0.2, 0) is 4.79 Å². The molecule has 8 heteroatoms. The molecule has 3 rings (SSSR count). The molecule has 1 amide bonds. The van der Waals surface area contributed by atoms with Crippen LogP contribution in [0, 0.1) is 5.92 Å². The van der Waals surface area contributed by atoms with Crippen LogP contribution in [0.3, 0.4) is 0 Å². The molecular formula is C14H17ClN6O. The number of nitrogens with two attached hydrogens (primary N) is 1. The van der Waals surface area contributed by atoms with Crippen LogP contribution in [0.2, 0.25) is 5.02 Å². The number of carbonyl (C=O) groups is 1. The highest BCUT2D eigenvalue weighted by molar-refractivity contribution is 6.32. The second-order valence-corrected chi connectivity index (χ2v) is 5.92. The molecule has 1 aromatic carbocycles. The zero-order valence-corrected chi connectivity index (χ0v) is 12.9. The molecule has 116 valence electrons. The summed E-state index contributed by atoms with van der Waals surface area (Å²) >= 11 is 6.26. The molecule has 3 N–H and O–H groups in total. The minimum absolute atomic E-state index is 0.130. The number of carbonyl (C=O) groups excluding carboxylic acids is 1. The lowest BCUT2D eigenvalue weighted by atomic mass is 10.1. The van der Waals surface area contributed by atoms with Crippen molar-refractivity contribution in [3.8, 4) is 5.69 Å². The van der Waals surface area contributed by atoms with E-state index in [9.17, 15) is 4.79 Å². The topological polar surface area (TPSA) is 98.7 Å². The number of benzene rings is 1. The Hall–Kier alpha value is -1.99. The van der Waals surface area contributed by atoms with Gasteiger partial charge in [-0.3, -0.25) is 4.79 Å². The van der Waals surface area contributed by atoms with Crippen LogP contribution in [0.5, 0.6) is 0 Å². The van der Waals surface area contributed by atoms with E-state index >= 15 is 0 Å². The van der Waals surface area contributed by atoms with Crippen LogP contribution < -0.4 is 11.1 Å². The normalized spacial score (nSPS) is 15.6. The third-order valence-corrected chi connectivity index (χ3v) is 4.00. The molecule has 22 heavy (non-hydrogen) atoms. The van der Waals surface area contributed by atoms with Crippen molar-refractivity contribution in [2.24, 2.45) is 11.7 Å². The molecule has 0 saturated heterocycles. The first kappa shape index (κ1) is 14.9. The maximum atomic E-state index is 11.9. The number of rotatable bonds is 5. The van der Waals surface area contributed by atoms with Gasteiger partial charge in [0.25, 0.3) is 0 Å². The standard InChI is InChI=1S/C14H17ClN6O/c1-8(7-16)14(22)17-10-4-5-11(15)12(6-10)21-13(9-2-3-9)18-19-20-21/h4-6,8-9H,2-3,7,16H2,1H3,(H,17,22). The number of nitrogens with zero attached hydrogens (tertiary/aromatic N) is 4. The summed E-state index contributed by atoms with van der Waals surface area (Å²) in [6, 6.07) is 5.23. The fraction of sp³-hybridized carbons (Fsp3) is 0.429. The molecule has 2 aromatic rings. The molecule has 1 saturated carbocycles. The molecule has 7 nitrogen and oxygen atoms in total. The van der Waals surface area contributed by atoms with Crippen molar-refractivity contribution in [2.45, 2.75) is 25.7 Å². The Morgan fingerprint density at radius 3 is 3.00 bits per heavy atom. The Labute approximate surface area is 132 Å². The molecule has 1 atom stereocenters. The summed E-state index contributed by atoms with van der Waals surface area (Å²) in [7, 11) is 0. The Morgan fingerprint density at radius 1 is 1.55 bits per heavy atom. The number of tetrazole rings is 1. The van der Waals surface area contributed by atoms with E-state index in [2.05, 4.69) is 20.8 Å². The minimum Gasteiger partial charge on any atom is -0.330 e. The summed E-state index contributed by atoms with van der Waals surface area (Å²) in [5.74, 6) is 0.811. The van der Waals surface area contributed by atoms with Crippen LogP contribution in [0.4, 0.5) is 5.69 Å². The lowest BCUT2D eigenvalue weighted by Crippen LogP contribution is -2.26. The second kappa shape index (κ2) is 6.02. The van der Waals surface area contributed by atoms with E-state index in [-0.39, 0.29) is 11.8 Å². The van der Waals surface area contributed by atoms with Gasteiger partial charge in [-0.15, -0.1) is 5.10 Å². The Balaban J connectivity index is 1.90. The molecule has 1 fully saturated rings. The van der Waals surface area contributed by atoms with E-state index in [1.165, 1.54) is 0 Å². The maximum Gasteiger partial charge on any atom is 0.228 e. The predicted molar refractivity (Wildman–Crippen MR) is 83.0 cm³/mol. The number of hydrogen-bond donors (Lipinski definition) is 2. The zero-order chi connectivity index (χ0) is 15.7. The quantitative estimate of drug-likeness (QED) is 0.874. The minimum atomic E-state index is -0.255. The number of anilines is 1. The number of nitrogens with one attached hydrogen (secondary N) is 1. The van der Waals surface area contributed by atoms with Crippen LogP contribution in [0.1, 0.15) is 31.5 Å². The second-order valence-electron chi connectivity index (χ2n) is 5.52. The van der Waals surface area contributed by atoms with Crippen molar-refractivity contribution in [2.75, 3.05) is 11.9 Å². The number of hydrogen-bond acceptors (Lipinski definition) is 5. The molecule has 0 aliphatic heterocycles. The summed E-state index contributed by atoms with van der Waals surface area (Å²) in [4.78, 5) is 11.9. The molecule has 0 spiro atoms. The highest BCUT2D eigenvalue weighted by atomic mass is 35.5. The van der Waals surface area contributed by atoms with Gasteiger partial charge in [-0.25, -0.2) is 0 Å². The van der Waals surface area contributed by atoms with Crippen LogP contribution >= 0.6 is 11.6 Å². The van der Waals surface area contributed by atoms with Crippen molar-refractivity contribution in [1.29, 1.82) is 0 Å². The van der Waals surface area contributed by atoms with Crippen LogP contribution in [-0.4, -0.2) is 32.7 Å². The van der Waals surface area contributed by atoms with Gasteiger partial charge < -0.3 is 11.1 Å². The first-order valence-electron chi connectivity index (χ1n) is 7.19. The third-order valence-electron chi connectivity index (χ3n) is 3.68. The zero-order valence-electron chi connectivity index (χ0n) is 12.2. The molecule has 0 bridgehead atoms. The molecule has 1 aliphatic rings. The SMILES string of the molecule is CC(CN)C(=O)Nc1ccc(Cl)c(-n2nnnc2C2CC2)c1. The van der Waals surface area contributed by atoms with Gasteiger partial charge in [0, 0.05) is 24.1 Å². The fourth-order valence-electron chi connectivity index (χ4n) is 2.09. The lowest BCUT2D eigenvalue weighted by molar-refractivity contribution is -0.119. The monoisotopic (exact) mass is 320 g/mol. The summed E-state index contributed by atoms with van der Waals surface area (Å²) in [6.07, 6.45) is 2.17. The van der Waals surface area contributed by atoms with Gasteiger partial charge in [-0.2, -0.15) is 4.68 Å². The number of aromatic nitrogens is 4. The summed E-state index contributed by atoms with van der Waals surface area (Å²) in [6.45, 7) is 2.07. The van der Waals surface area contributed by atoms with Crippen molar-refractivity contribution >= 4 is 23.2 Å². The van der Waals surface area contributed by atoms with E-state index in [0.717, 1.165) is 18.7 Å². The smallest absolute Gasteiger partial charge is 0.228 e. The van der Waals surface area contributed by atoms with E-state index in [1.54, 1.807) is 29.8 Å². The third kappa shape index (κ3) is 2.95. The van der Waals surface area contributed by atoms with Crippen LogP contribution in [0.25, 0.3) is 5.69 Å². The largest absolute Gasteiger partial charge is 0.330 e. The van der Waals surface area contributed by atoms with Gasteiger partial charge in [-0.05, 0) is 41.5 Å².